The third-order valence-corrected chi connectivity index (χ3v) is 10.3. The summed E-state index contributed by atoms with van der Waals surface area (Å²) in [5.74, 6) is 0. The Hall–Kier alpha value is -0.0231. The van der Waals surface area contributed by atoms with Crippen LogP contribution in [0.15, 0.2) is 0 Å². The Balaban J connectivity index is 1.45. The maximum atomic E-state index is 5.96. The third-order valence-electron chi connectivity index (χ3n) is 7.20. The fourth-order valence-electron chi connectivity index (χ4n) is 5.26. The van der Waals surface area contributed by atoms with Crippen molar-refractivity contribution in [3.8, 4) is 0 Å². The zero-order valence-electron chi connectivity index (χ0n) is 22.3. The molecule has 0 unspecified atom stereocenters. The highest BCUT2D eigenvalue weighted by atomic mass is 28.4. The van der Waals surface area contributed by atoms with Crippen molar-refractivity contribution in [1.29, 1.82) is 0 Å². The largest absolute Gasteiger partial charge is 0.500 e. The first-order valence-electron chi connectivity index (χ1n) is 14.3. The molecule has 0 N–H and O–H groups in total. The highest BCUT2D eigenvalue weighted by Crippen LogP contribution is 2.21. The summed E-state index contributed by atoms with van der Waals surface area (Å²) in [5.41, 5.74) is 0. The molecule has 2 heterocycles. The monoisotopic (exact) mass is 485 g/mol. The van der Waals surface area contributed by atoms with Gasteiger partial charge in [0, 0.05) is 65.1 Å². The molecule has 0 aromatic rings. The Morgan fingerprint density at radius 3 is 1.42 bits per heavy atom. The van der Waals surface area contributed by atoms with Gasteiger partial charge in [-0.25, -0.2) is 0 Å². The zero-order valence-corrected chi connectivity index (χ0v) is 23.3. The summed E-state index contributed by atoms with van der Waals surface area (Å²) in [7, 11) is -2.43. The minimum absolute atomic E-state index is 0.679. The topological polar surface area (TPSA) is 37.4 Å². The molecule has 6 nitrogen and oxygen atoms in total. The second-order valence-electron chi connectivity index (χ2n) is 9.79. The molecular formula is C26H55N3O3Si. The molecule has 33 heavy (non-hydrogen) atoms. The van der Waals surface area contributed by atoms with E-state index in [2.05, 4.69) is 14.7 Å². The predicted octanol–water partition coefficient (Wildman–Crippen LogP) is 4.87. The number of piperazine rings is 1. The molecule has 0 radical (unpaired) electrons. The van der Waals surface area contributed by atoms with Gasteiger partial charge >= 0.3 is 8.80 Å². The number of hydrogen-bond acceptors (Lipinski definition) is 6. The quantitative estimate of drug-likeness (QED) is 0.204. The van der Waals surface area contributed by atoms with Crippen molar-refractivity contribution in [2.45, 2.75) is 91.0 Å². The first-order chi connectivity index (χ1) is 16.2. The smallest absolute Gasteiger partial charge is 0.374 e. The van der Waals surface area contributed by atoms with Crippen molar-refractivity contribution in [2.75, 3.05) is 78.7 Å². The van der Waals surface area contributed by atoms with E-state index < -0.39 is 8.80 Å². The van der Waals surface area contributed by atoms with Crippen LogP contribution in [-0.4, -0.2) is 102 Å². The van der Waals surface area contributed by atoms with E-state index in [1.807, 2.05) is 20.8 Å². The van der Waals surface area contributed by atoms with Gasteiger partial charge in [0.2, 0.25) is 0 Å². The molecule has 2 fully saturated rings. The van der Waals surface area contributed by atoms with Crippen molar-refractivity contribution in [2.24, 2.45) is 0 Å². The second kappa shape index (κ2) is 18.3. The van der Waals surface area contributed by atoms with Crippen LogP contribution in [0.2, 0.25) is 6.04 Å². The van der Waals surface area contributed by atoms with Crippen molar-refractivity contribution < 1.29 is 13.3 Å². The number of likely N-dealkylation sites (tertiary alicyclic amines) is 1. The minimum Gasteiger partial charge on any atom is -0.374 e. The van der Waals surface area contributed by atoms with E-state index in [4.69, 9.17) is 13.3 Å². The lowest BCUT2D eigenvalue weighted by Gasteiger charge is -2.35. The molecule has 0 bridgehead atoms. The van der Waals surface area contributed by atoms with Crippen LogP contribution in [0.25, 0.3) is 0 Å². The van der Waals surface area contributed by atoms with E-state index in [0.717, 1.165) is 12.5 Å². The molecule has 2 rings (SSSR count). The van der Waals surface area contributed by atoms with E-state index in [9.17, 15) is 0 Å². The summed E-state index contributed by atoms with van der Waals surface area (Å²) in [5, 5.41) is 0. The van der Waals surface area contributed by atoms with Crippen molar-refractivity contribution in [3.63, 3.8) is 0 Å². The zero-order chi connectivity index (χ0) is 23.6. The van der Waals surface area contributed by atoms with Gasteiger partial charge in [0.05, 0.1) is 0 Å². The van der Waals surface area contributed by atoms with E-state index in [-0.39, 0.29) is 0 Å². The van der Waals surface area contributed by atoms with Gasteiger partial charge in [-0.3, -0.25) is 4.90 Å². The van der Waals surface area contributed by atoms with Crippen LogP contribution in [0.3, 0.4) is 0 Å². The Morgan fingerprint density at radius 1 is 0.485 bits per heavy atom. The van der Waals surface area contributed by atoms with Gasteiger partial charge in [-0.2, -0.15) is 0 Å². The van der Waals surface area contributed by atoms with Gasteiger partial charge in [-0.05, 0) is 66.1 Å². The lowest BCUT2D eigenvalue weighted by Crippen LogP contribution is -2.48. The molecule has 2 aliphatic heterocycles. The molecule has 2 saturated heterocycles. The molecule has 0 saturated carbocycles. The third kappa shape index (κ3) is 12.5. The summed E-state index contributed by atoms with van der Waals surface area (Å²) in [6, 6.07) is 0.963. The van der Waals surface area contributed by atoms with Gasteiger partial charge in [0.1, 0.15) is 0 Å². The van der Waals surface area contributed by atoms with Crippen LogP contribution >= 0.6 is 0 Å². The van der Waals surface area contributed by atoms with E-state index in [0.29, 0.717) is 19.8 Å². The van der Waals surface area contributed by atoms with Crippen LogP contribution in [-0.2, 0) is 13.3 Å². The fourth-order valence-corrected chi connectivity index (χ4v) is 7.95. The Bertz CT molecular complexity index is 439. The highest BCUT2D eigenvalue weighted by molar-refractivity contribution is 6.60. The van der Waals surface area contributed by atoms with Crippen molar-refractivity contribution in [1.82, 2.24) is 14.7 Å². The lowest BCUT2D eigenvalue weighted by molar-refractivity contribution is 0.0706. The number of nitrogens with zero attached hydrogens (tertiary/aromatic N) is 3. The van der Waals surface area contributed by atoms with Gasteiger partial charge in [0.25, 0.3) is 0 Å². The molecule has 2 aliphatic rings. The summed E-state index contributed by atoms with van der Waals surface area (Å²) in [6.07, 6.45) is 13.5. The van der Waals surface area contributed by atoms with E-state index in [1.54, 1.807) is 0 Å². The fraction of sp³-hybridized carbons (Fsp3) is 1.00. The van der Waals surface area contributed by atoms with Crippen LogP contribution in [0, 0.1) is 0 Å². The van der Waals surface area contributed by atoms with Crippen LogP contribution in [0.1, 0.15) is 85.0 Å². The van der Waals surface area contributed by atoms with E-state index >= 15 is 0 Å². The Kier molecular flexibility index (Phi) is 16.2. The summed E-state index contributed by atoms with van der Waals surface area (Å²) in [6.45, 7) is 19.7. The summed E-state index contributed by atoms with van der Waals surface area (Å²) < 4.78 is 17.9. The van der Waals surface area contributed by atoms with Crippen LogP contribution in [0.5, 0.6) is 0 Å². The summed E-state index contributed by atoms with van der Waals surface area (Å²) >= 11 is 0. The summed E-state index contributed by atoms with van der Waals surface area (Å²) in [4.78, 5) is 8.08. The number of rotatable bonds is 18. The van der Waals surface area contributed by atoms with Crippen LogP contribution in [0.4, 0.5) is 0 Å². The predicted molar refractivity (Wildman–Crippen MR) is 141 cm³/mol. The SMILES string of the molecule is CCO[Si](CCCCCCCCN1CCN(CCN2CCCCCC2)CC1)(OCC)OCC. The maximum absolute atomic E-state index is 5.96. The van der Waals surface area contributed by atoms with Gasteiger partial charge in [0.15, 0.2) is 0 Å². The lowest BCUT2D eigenvalue weighted by atomic mass is 10.1. The molecule has 0 spiro atoms. The van der Waals surface area contributed by atoms with Crippen molar-refractivity contribution in [3.05, 3.63) is 0 Å². The normalized spacial score (nSPS) is 19.7. The molecule has 0 atom stereocenters. The molecule has 0 aromatic carbocycles. The van der Waals surface area contributed by atoms with Gasteiger partial charge < -0.3 is 23.1 Å². The molecule has 7 heteroatoms. The molecular weight excluding hydrogens is 430 g/mol. The average Bonchev–Trinajstić information content (AvgIpc) is 3.10. The first kappa shape index (κ1) is 29.2. The maximum Gasteiger partial charge on any atom is 0.500 e. The highest BCUT2D eigenvalue weighted by Gasteiger charge is 2.39. The molecule has 196 valence electrons. The number of hydrogen-bond donors (Lipinski definition) is 0. The first-order valence-corrected chi connectivity index (χ1v) is 16.2. The molecule has 0 amide bonds. The van der Waals surface area contributed by atoms with Crippen molar-refractivity contribution >= 4 is 8.80 Å². The standard InChI is InChI=1S/C26H55N3O3Si/c1-4-30-33(31-5-2,32-6-3)26-16-12-8-7-9-13-19-28-21-24-29(25-22-28)23-20-27-17-14-10-11-15-18-27/h4-26H2,1-3H3. The van der Waals surface area contributed by atoms with Gasteiger partial charge in [-0.1, -0.05) is 38.5 Å². The molecule has 0 aliphatic carbocycles. The second-order valence-corrected chi connectivity index (χ2v) is 12.5. The van der Waals surface area contributed by atoms with Crippen LogP contribution < -0.4 is 0 Å². The Labute approximate surface area is 206 Å². The number of unbranched alkanes of at least 4 members (excludes halogenated alkanes) is 5. The minimum atomic E-state index is -2.43. The molecule has 0 aromatic heterocycles. The van der Waals surface area contributed by atoms with E-state index in [1.165, 1.54) is 117 Å². The van der Waals surface area contributed by atoms with Gasteiger partial charge in [-0.15, -0.1) is 0 Å². The average molecular weight is 486 g/mol. The Morgan fingerprint density at radius 2 is 0.909 bits per heavy atom.